The average molecular weight is 283 g/mol. The molecule has 0 amide bonds. The summed E-state index contributed by atoms with van der Waals surface area (Å²) in [7, 11) is -3.10. The van der Waals surface area contributed by atoms with E-state index in [4.69, 9.17) is 5.73 Å². The molecule has 2 atom stereocenters. The summed E-state index contributed by atoms with van der Waals surface area (Å²) in [6.45, 7) is 6.03. The molecule has 1 aromatic carbocycles. The highest BCUT2D eigenvalue weighted by Crippen LogP contribution is 2.23. The van der Waals surface area contributed by atoms with Crippen molar-refractivity contribution < 1.29 is 8.42 Å². The van der Waals surface area contributed by atoms with E-state index >= 15 is 0 Å². The Kier molecular flexibility index (Phi) is 6.01. The summed E-state index contributed by atoms with van der Waals surface area (Å²) in [5.74, 6) is 0.626. The SMILES string of the molecule is CCCS(=O)(=O)c1ccc(C(C)CCC(C)N)cc1. The zero-order chi connectivity index (χ0) is 14.5. The van der Waals surface area contributed by atoms with Crippen LogP contribution in [-0.2, 0) is 9.84 Å². The molecule has 1 aromatic rings. The smallest absolute Gasteiger partial charge is 0.178 e. The van der Waals surface area contributed by atoms with Crippen molar-refractivity contribution in [3.05, 3.63) is 29.8 Å². The topological polar surface area (TPSA) is 60.2 Å². The third-order valence-corrected chi connectivity index (χ3v) is 5.27. The molecule has 0 fully saturated rings. The maximum atomic E-state index is 11.9. The van der Waals surface area contributed by atoms with Crippen LogP contribution >= 0.6 is 0 Å². The van der Waals surface area contributed by atoms with Crippen LogP contribution in [0, 0.1) is 0 Å². The molecule has 0 saturated heterocycles. The Balaban J connectivity index is 2.76. The van der Waals surface area contributed by atoms with Gasteiger partial charge in [-0.2, -0.15) is 0 Å². The zero-order valence-corrected chi connectivity index (χ0v) is 12.9. The second-order valence-electron chi connectivity index (χ2n) is 5.34. The van der Waals surface area contributed by atoms with Gasteiger partial charge in [-0.1, -0.05) is 26.0 Å². The molecule has 0 heterocycles. The molecule has 0 aliphatic rings. The molecule has 0 aliphatic carbocycles. The Bertz CT molecular complexity index is 477. The molecule has 0 aliphatic heterocycles. The maximum Gasteiger partial charge on any atom is 0.178 e. The normalized spacial score (nSPS) is 15.2. The fourth-order valence-electron chi connectivity index (χ4n) is 2.07. The van der Waals surface area contributed by atoms with Gasteiger partial charge in [0.15, 0.2) is 9.84 Å². The predicted octanol–water partition coefficient (Wildman–Crippen LogP) is 3.10. The number of hydrogen-bond acceptors (Lipinski definition) is 3. The molecule has 4 heteroatoms. The molecule has 19 heavy (non-hydrogen) atoms. The highest BCUT2D eigenvalue weighted by atomic mass is 32.2. The third kappa shape index (κ3) is 4.96. The third-order valence-electron chi connectivity index (χ3n) is 3.34. The van der Waals surface area contributed by atoms with Crippen molar-refractivity contribution in [2.75, 3.05) is 5.75 Å². The second kappa shape index (κ2) is 7.06. The van der Waals surface area contributed by atoms with Gasteiger partial charge < -0.3 is 5.73 Å². The van der Waals surface area contributed by atoms with E-state index in [0.29, 0.717) is 17.2 Å². The summed E-state index contributed by atoms with van der Waals surface area (Å²) in [6.07, 6.45) is 2.66. The summed E-state index contributed by atoms with van der Waals surface area (Å²) in [5.41, 5.74) is 6.93. The van der Waals surface area contributed by atoms with Gasteiger partial charge in [-0.3, -0.25) is 0 Å². The molecule has 2 N–H and O–H groups in total. The van der Waals surface area contributed by atoms with E-state index in [2.05, 4.69) is 6.92 Å². The van der Waals surface area contributed by atoms with Gasteiger partial charge in [0.05, 0.1) is 10.6 Å². The fraction of sp³-hybridized carbons (Fsp3) is 0.600. The first-order valence-corrected chi connectivity index (χ1v) is 8.60. The summed E-state index contributed by atoms with van der Waals surface area (Å²) >= 11 is 0. The van der Waals surface area contributed by atoms with E-state index in [0.717, 1.165) is 12.8 Å². The van der Waals surface area contributed by atoms with Crippen molar-refractivity contribution in [1.29, 1.82) is 0 Å². The standard InChI is InChI=1S/C15H25NO2S/c1-4-11-19(17,18)15-9-7-14(8-10-15)12(2)5-6-13(3)16/h7-10,12-13H,4-6,11,16H2,1-3H3. The van der Waals surface area contributed by atoms with E-state index < -0.39 is 9.84 Å². The highest BCUT2D eigenvalue weighted by Gasteiger charge is 2.14. The average Bonchev–Trinajstić information content (AvgIpc) is 2.36. The lowest BCUT2D eigenvalue weighted by Crippen LogP contribution is -2.15. The monoisotopic (exact) mass is 283 g/mol. The molecule has 0 saturated carbocycles. The number of hydrogen-bond donors (Lipinski definition) is 1. The minimum Gasteiger partial charge on any atom is -0.328 e. The second-order valence-corrected chi connectivity index (χ2v) is 7.45. The quantitative estimate of drug-likeness (QED) is 0.836. The summed E-state index contributed by atoms with van der Waals surface area (Å²) in [5, 5.41) is 0. The van der Waals surface area contributed by atoms with Crippen LogP contribution in [0.5, 0.6) is 0 Å². The molecule has 0 aromatic heterocycles. The van der Waals surface area contributed by atoms with Crippen LogP contribution in [0.3, 0.4) is 0 Å². The van der Waals surface area contributed by atoms with Crippen molar-refractivity contribution in [1.82, 2.24) is 0 Å². The summed E-state index contributed by atoms with van der Waals surface area (Å²) < 4.78 is 23.8. The molecule has 0 radical (unpaired) electrons. The lowest BCUT2D eigenvalue weighted by molar-refractivity contribution is 0.568. The number of benzene rings is 1. The maximum absolute atomic E-state index is 11.9. The Labute approximate surface area is 117 Å². The zero-order valence-electron chi connectivity index (χ0n) is 12.1. The molecule has 0 spiro atoms. The van der Waals surface area contributed by atoms with Gasteiger partial charge in [-0.15, -0.1) is 0 Å². The van der Waals surface area contributed by atoms with Crippen LogP contribution in [0.25, 0.3) is 0 Å². The van der Waals surface area contributed by atoms with Crippen LogP contribution in [0.4, 0.5) is 0 Å². The molecule has 108 valence electrons. The van der Waals surface area contributed by atoms with Crippen molar-refractivity contribution in [2.45, 2.75) is 56.9 Å². The molecular weight excluding hydrogens is 258 g/mol. The van der Waals surface area contributed by atoms with Crippen molar-refractivity contribution in [2.24, 2.45) is 5.73 Å². The van der Waals surface area contributed by atoms with E-state index in [1.165, 1.54) is 5.56 Å². The minimum atomic E-state index is -3.10. The molecule has 2 unspecified atom stereocenters. The Morgan fingerprint density at radius 3 is 2.16 bits per heavy atom. The van der Waals surface area contributed by atoms with Crippen LogP contribution in [-0.4, -0.2) is 20.2 Å². The number of rotatable bonds is 7. The first-order chi connectivity index (χ1) is 8.86. The van der Waals surface area contributed by atoms with Gasteiger partial charge in [-0.25, -0.2) is 8.42 Å². The predicted molar refractivity (Wildman–Crippen MR) is 80.1 cm³/mol. The van der Waals surface area contributed by atoms with Gasteiger partial charge in [0.1, 0.15) is 0 Å². The van der Waals surface area contributed by atoms with Crippen molar-refractivity contribution >= 4 is 9.84 Å². The lowest BCUT2D eigenvalue weighted by atomic mass is 9.95. The van der Waals surface area contributed by atoms with Crippen LogP contribution in [0.1, 0.15) is 51.5 Å². The molecule has 0 bridgehead atoms. The number of nitrogens with two attached hydrogens (primary N) is 1. The molecule has 3 nitrogen and oxygen atoms in total. The van der Waals surface area contributed by atoms with E-state index in [1.807, 2.05) is 26.0 Å². The largest absolute Gasteiger partial charge is 0.328 e. The van der Waals surface area contributed by atoms with Gasteiger partial charge >= 0.3 is 0 Å². The Morgan fingerprint density at radius 1 is 1.11 bits per heavy atom. The Hall–Kier alpha value is -0.870. The highest BCUT2D eigenvalue weighted by molar-refractivity contribution is 7.91. The van der Waals surface area contributed by atoms with Crippen molar-refractivity contribution in [3.63, 3.8) is 0 Å². The number of sulfone groups is 1. The van der Waals surface area contributed by atoms with Crippen LogP contribution < -0.4 is 5.73 Å². The van der Waals surface area contributed by atoms with Gasteiger partial charge in [0.25, 0.3) is 0 Å². The van der Waals surface area contributed by atoms with Gasteiger partial charge in [0.2, 0.25) is 0 Å². The molecule has 1 rings (SSSR count). The summed E-state index contributed by atoms with van der Waals surface area (Å²) in [4.78, 5) is 0.428. The van der Waals surface area contributed by atoms with Crippen molar-refractivity contribution in [3.8, 4) is 0 Å². The first-order valence-electron chi connectivity index (χ1n) is 6.95. The minimum absolute atomic E-state index is 0.214. The van der Waals surface area contributed by atoms with Gasteiger partial charge in [-0.05, 0) is 49.8 Å². The lowest BCUT2D eigenvalue weighted by Gasteiger charge is -2.14. The Morgan fingerprint density at radius 2 is 1.68 bits per heavy atom. The fourth-order valence-corrected chi connectivity index (χ4v) is 3.39. The van der Waals surface area contributed by atoms with Crippen LogP contribution in [0.15, 0.2) is 29.2 Å². The van der Waals surface area contributed by atoms with Gasteiger partial charge in [0, 0.05) is 6.04 Å². The first kappa shape index (κ1) is 16.2. The van der Waals surface area contributed by atoms with E-state index in [9.17, 15) is 8.42 Å². The molecular formula is C15H25NO2S. The van der Waals surface area contributed by atoms with E-state index in [-0.39, 0.29) is 11.8 Å². The van der Waals surface area contributed by atoms with E-state index in [1.54, 1.807) is 12.1 Å². The summed E-state index contributed by atoms with van der Waals surface area (Å²) in [6, 6.07) is 7.51. The van der Waals surface area contributed by atoms with Crippen LogP contribution in [0.2, 0.25) is 0 Å².